The fourth-order valence-electron chi connectivity index (χ4n) is 3.05. The van der Waals surface area contributed by atoms with E-state index in [0.717, 1.165) is 18.4 Å². The standard InChI is InChI=1S/C17H27N/c1-17(2,3)15-11-9-14(10-12-15)13-18-16-7-5-4-6-8-16/h4-8,14-15,18H,9-13H2,1-3H3. The summed E-state index contributed by atoms with van der Waals surface area (Å²) < 4.78 is 0. The first-order valence-corrected chi connectivity index (χ1v) is 7.34. The minimum absolute atomic E-state index is 0.498. The fraction of sp³-hybridized carbons (Fsp3) is 0.647. The van der Waals surface area contributed by atoms with Crippen LogP contribution in [0, 0.1) is 17.3 Å². The summed E-state index contributed by atoms with van der Waals surface area (Å²) in [5.41, 5.74) is 1.76. The van der Waals surface area contributed by atoms with Crippen LogP contribution in [0.5, 0.6) is 0 Å². The number of para-hydroxylation sites is 1. The lowest BCUT2D eigenvalue weighted by molar-refractivity contribution is 0.153. The van der Waals surface area contributed by atoms with Gasteiger partial charge in [0.2, 0.25) is 0 Å². The molecule has 0 heterocycles. The highest BCUT2D eigenvalue weighted by molar-refractivity contribution is 5.42. The number of hydrogen-bond acceptors (Lipinski definition) is 1. The van der Waals surface area contributed by atoms with Crippen LogP contribution in [-0.4, -0.2) is 6.54 Å². The Balaban J connectivity index is 1.74. The van der Waals surface area contributed by atoms with Gasteiger partial charge in [0.1, 0.15) is 0 Å². The Morgan fingerprint density at radius 1 is 1.00 bits per heavy atom. The molecule has 2 rings (SSSR count). The zero-order valence-corrected chi connectivity index (χ0v) is 12.1. The molecule has 1 aliphatic rings. The van der Waals surface area contributed by atoms with E-state index >= 15 is 0 Å². The Kier molecular flexibility index (Phi) is 4.31. The third-order valence-corrected chi connectivity index (χ3v) is 4.44. The van der Waals surface area contributed by atoms with Crippen molar-refractivity contribution in [2.24, 2.45) is 17.3 Å². The van der Waals surface area contributed by atoms with Gasteiger partial charge in [-0.25, -0.2) is 0 Å². The molecule has 1 aliphatic carbocycles. The molecule has 1 saturated carbocycles. The summed E-state index contributed by atoms with van der Waals surface area (Å²) in [4.78, 5) is 0. The Hall–Kier alpha value is -0.980. The minimum atomic E-state index is 0.498. The van der Waals surface area contributed by atoms with Crippen molar-refractivity contribution < 1.29 is 0 Å². The minimum Gasteiger partial charge on any atom is -0.385 e. The Labute approximate surface area is 112 Å². The van der Waals surface area contributed by atoms with Crippen LogP contribution in [0.25, 0.3) is 0 Å². The summed E-state index contributed by atoms with van der Waals surface area (Å²) in [6.07, 6.45) is 5.60. The lowest BCUT2D eigenvalue weighted by Gasteiger charge is -2.37. The summed E-state index contributed by atoms with van der Waals surface area (Å²) in [5, 5.41) is 3.57. The Morgan fingerprint density at radius 2 is 1.61 bits per heavy atom. The molecule has 0 aliphatic heterocycles. The van der Waals surface area contributed by atoms with E-state index in [1.807, 2.05) is 0 Å². The summed E-state index contributed by atoms with van der Waals surface area (Å²) in [6.45, 7) is 8.31. The molecule has 0 amide bonds. The molecule has 0 bridgehead atoms. The summed E-state index contributed by atoms with van der Waals surface area (Å²) in [7, 11) is 0. The molecule has 1 aromatic carbocycles. The van der Waals surface area contributed by atoms with Crippen LogP contribution in [0.3, 0.4) is 0 Å². The third-order valence-electron chi connectivity index (χ3n) is 4.44. The first kappa shape index (κ1) is 13.5. The topological polar surface area (TPSA) is 12.0 Å². The maximum atomic E-state index is 3.57. The van der Waals surface area contributed by atoms with E-state index in [2.05, 4.69) is 56.4 Å². The molecule has 1 aromatic rings. The zero-order chi connectivity index (χ0) is 13.0. The van der Waals surface area contributed by atoms with Crippen LogP contribution in [0.4, 0.5) is 5.69 Å². The zero-order valence-electron chi connectivity index (χ0n) is 12.1. The first-order valence-electron chi connectivity index (χ1n) is 7.34. The second-order valence-corrected chi connectivity index (χ2v) is 6.83. The first-order chi connectivity index (χ1) is 8.55. The van der Waals surface area contributed by atoms with E-state index in [-0.39, 0.29) is 0 Å². The van der Waals surface area contributed by atoms with Crippen LogP contribution in [0.1, 0.15) is 46.5 Å². The number of anilines is 1. The van der Waals surface area contributed by atoms with Crippen LogP contribution >= 0.6 is 0 Å². The smallest absolute Gasteiger partial charge is 0.0340 e. The number of rotatable bonds is 3. The van der Waals surface area contributed by atoms with Gasteiger partial charge in [-0.2, -0.15) is 0 Å². The van der Waals surface area contributed by atoms with Gasteiger partial charge >= 0.3 is 0 Å². The molecule has 1 fully saturated rings. The second kappa shape index (κ2) is 5.77. The SMILES string of the molecule is CC(C)(C)C1CCC(CNc2ccccc2)CC1. The molecule has 1 N–H and O–H groups in total. The largest absolute Gasteiger partial charge is 0.385 e. The van der Waals surface area contributed by atoms with Crippen molar-refractivity contribution in [1.82, 2.24) is 0 Å². The fourth-order valence-corrected chi connectivity index (χ4v) is 3.05. The molecule has 1 heteroatoms. The predicted molar refractivity (Wildman–Crippen MR) is 79.8 cm³/mol. The van der Waals surface area contributed by atoms with E-state index in [9.17, 15) is 0 Å². The Morgan fingerprint density at radius 3 is 2.17 bits per heavy atom. The monoisotopic (exact) mass is 245 g/mol. The molecular weight excluding hydrogens is 218 g/mol. The predicted octanol–water partition coefficient (Wildman–Crippen LogP) is 4.95. The van der Waals surface area contributed by atoms with Gasteiger partial charge in [-0.1, -0.05) is 39.0 Å². The third kappa shape index (κ3) is 3.76. The maximum absolute atomic E-state index is 3.57. The number of nitrogens with one attached hydrogen (secondary N) is 1. The van der Waals surface area contributed by atoms with E-state index in [0.29, 0.717) is 5.41 Å². The van der Waals surface area contributed by atoms with Gasteiger partial charge in [0, 0.05) is 12.2 Å². The van der Waals surface area contributed by atoms with Gasteiger partial charge in [-0.05, 0) is 55.1 Å². The molecule has 0 radical (unpaired) electrons. The molecule has 100 valence electrons. The van der Waals surface area contributed by atoms with E-state index in [4.69, 9.17) is 0 Å². The molecule has 0 atom stereocenters. The van der Waals surface area contributed by atoms with E-state index in [1.54, 1.807) is 0 Å². The lowest BCUT2D eigenvalue weighted by Crippen LogP contribution is -2.28. The van der Waals surface area contributed by atoms with Gasteiger partial charge in [0.05, 0.1) is 0 Å². The molecular formula is C17H27N. The molecule has 0 aromatic heterocycles. The van der Waals surface area contributed by atoms with Gasteiger partial charge < -0.3 is 5.32 Å². The van der Waals surface area contributed by atoms with Gasteiger partial charge in [0.15, 0.2) is 0 Å². The van der Waals surface area contributed by atoms with E-state index in [1.165, 1.54) is 31.4 Å². The number of hydrogen-bond donors (Lipinski definition) is 1. The van der Waals surface area contributed by atoms with Gasteiger partial charge in [0.25, 0.3) is 0 Å². The average Bonchev–Trinajstić information content (AvgIpc) is 2.37. The number of benzene rings is 1. The van der Waals surface area contributed by atoms with E-state index < -0.39 is 0 Å². The lowest BCUT2D eigenvalue weighted by atomic mass is 9.70. The van der Waals surface area contributed by atoms with Crippen LogP contribution in [-0.2, 0) is 0 Å². The van der Waals surface area contributed by atoms with Crippen LogP contribution < -0.4 is 5.32 Å². The summed E-state index contributed by atoms with van der Waals surface area (Å²) >= 11 is 0. The maximum Gasteiger partial charge on any atom is 0.0340 e. The van der Waals surface area contributed by atoms with Gasteiger partial charge in [-0.3, -0.25) is 0 Å². The van der Waals surface area contributed by atoms with Gasteiger partial charge in [-0.15, -0.1) is 0 Å². The van der Waals surface area contributed by atoms with Crippen molar-refractivity contribution in [3.8, 4) is 0 Å². The quantitative estimate of drug-likeness (QED) is 0.794. The van der Waals surface area contributed by atoms with Crippen molar-refractivity contribution in [2.45, 2.75) is 46.5 Å². The molecule has 0 unspecified atom stereocenters. The highest BCUT2D eigenvalue weighted by Crippen LogP contribution is 2.39. The molecule has 1 nitrogen and oxygen atoms in total. The highest BCUT2D eigenvalue weighted by Gasteiger charge is 2.29. The Bertz CT molecular complexity index is 342. The summed E-state index contributed by atoms with van der Waals surface area (Å²) in [6, 6.07) is 10.6. The second-order valence-electron chi connectivity index (χ2n) is 6.83. The van der Waals surface area contributed by atoms with Crippen molar-refractivity contribution in [3.63, 3.8) is 0 Å². The molecule has 0 saturated heterocycles. The molecule has 18 heavy (non-hydrogen) atoms. The van der Waals surface area contributed by atoms with Crippen molar-refractivity contribution in [3.05, 3.63) is 30.3 Å². The van der Waals surface area contributed by atoms with Crippen molar-refractivity contribution in [1.29, 1.82) is 0 Å². The van der Waals surface area contributed by atoms with Crippen LogP contribution in [0.15, 0.2) is 30.3 Å². The van der Waals surface area contributed by atoms with Crippen LogP contribution in [0.2, 0.25) is 0 Å². The van der Waals surface area contributed by atoms with Crippen molar-refractivity contribution in [2.75, 3.05) is 11.9 Å². The normalized spacial score (nSPS) is 24.8. The highest BCUT2D eigenvalue weighted by atomic mass is 14.9. The summed E-state index contributed by atoms with van der Waals surface area (Å²) in [5.74, 6) is 1.79. The van der Waals surface area contributed by atoms with Crippen molar-refractivity contribution >= 4 is 5.69 Å². The average molecular weight is 245 g/mol. The molecule has 0 spiro atoms.